The number of Topliss-reactive ketones (excluding diaryl/α,β-unsaturated/α-hetero) is 1. The van der Waals surface area contributed by atoms with E-state index in [1.54, 1.807) is 17.8 Å². The minimum absolute atomic E-state index is 0.139. The Bertz CT molecular complexity index is 751. The van der Waals surface area contributed by atoms with Crippen LogP contribution in [0.5, 0.6) is 0 Å². The molecule has 0 aliphatic carbocycles. The molecule has 1 amide bonds. The van der Waals surface area contributed by atoms with Crippen molar-refractivity contribution in [2.24, 2.45) is 0 Å². The third kappa shape index (κ3) is 2.12. The maximum atomic E-state index is 13.4. The van der Waals surface area contributed by atoms with Crippen molar-refractivity contribution in [3.63, 3.8) is 0 Å². The molecule has 1 aromatic carbocycles. The molecule has 0 unspecified atom stereocenters. The molecule has 5 nitrogen and oxygen atoms in total. The van der Waals surface area contributed by atoms with Gasteiger partial charge in [-0.1, -0.05) is 0 Å². The molecule has 0 radical (unpaired) electrons. The Balaban J connectivity index is 2.01. The molecule has 0 atom stereocenters. The van der Waals surface area contributed by atoms with Gasteiger partial charge in [-0.2, -0.15) is 5.10 Å². The Morgan fingerprint density at radius 2 is 2.05 bits per heavy atom. The topological polar surface area (TPSA) is 55.2 Å². The lowest BCUT2D eigenvalue weighted by Crippen LogP contribution is -2.29. The maximum Gasteiger partial charge on any atom is 0.299 e. The average Bonchev–Trinajstić information content (AvgIpc) is 2.98. The standard InChI is InChI=1S/C15H14FN3O2/c1-3-18-7-10(6-17-18)8-19-13-9(2)4-11(16)5-12(13)14(20)15(19)21/h4-7H,3,8H2,1-2H3. The van der Waals surface area contributed by atoms with E-state index < -0.39 is 17.5 Å². The average molecular weight is 287 g/mol. The monoisotopic (exact) mass is 287 g/mol. The summed E-state index contributed by atoms with van der Waals surface area (Å²) in [7, 11) is 0. The van der Waals surface area contributed by atoms with E-state index in [0.717, 1.165) is 18.2 Å². The number of anilines is 1. The highest BCUT2D eigenvalue weighted by Gasteiger charge is 2.37. The van der Waals surface area contributed by atoms with Gasteiger partial charge in [0.2, 0.25) is 0 Å². The number of hydrogen-bond donors (Lipinski definition) is 0. The zero-order valence-corrected chi connectivity index (χ0v) is 11.8. The molecule has 3 rings (SSSR count). The van der Waals surface area contributed by atoms with Gasteiger partial charge in [0.15, 0.2) is 0 Å². The van der Waals surface area contributed by atoms with Crippen LogP contribution in [0.15, 0.2) is 24.5 Å². The molecule has 2 heterocycles. The van der Waals surface area contributed by atoms with Gasteiger partial charge in [-0.05, 0) is 31.5 Å². The Morgan fingerprint density at radius 1 is 1.29 bits per heavy atom. The van der Waals surface area contributed by atoms with Crippen molar-refractivity contribution in [3.05, 3.63) is 47.0 Å². The SMILES string of the molecule is CCn1cc(CN2C(=O)C(=O)c3cc(F)cc(C)c32)cn1. The van der Waals surface area contributed by atoms with Crippen molar-refractivity contribution in [3.8, 4) is 0 Å². The zero-order chi connectivity index (χ0) is 15.1. The van der Waals surface area contributed by atoms with E-state index in [1.807, 2.05) is 13.1 Å². The minimum atomic E-state index is -0.657. The van der Waals surface area contributed by atoms with Crippen LogP contribution in [0.1, 0.15) is 28.4 Å². The van der Waals surface area contributed by atoms with E-state index in [4.69, 9.17) is 0 Å². The van der Waals surface area contributed by atoms with E-state index in [2.05, 4.69) is 5.10 Å². The number of fused-ring (bicyclic) bond motifs is 1. The number of carbonyl (C=O) groups is 2. The van der Waals surface area contributed by atoms with Gasteiger partial charge in [-0.25, -0.2) is 4.39 Å². The quantitative estimate of drug-likeness (QED) is 0.812. The molecule has 0 spiro atoms. The molecule has 21 heavy (non-hydrogen) atoms. The fourth-order valence-electron chi connectivity index (χ4n) is 2.60. The van der Waals surface area contributed by atoms with Gasteiger partial charge in [-0.3, -0.25) is 19.2 Å². The molecule has 1 aliphatic rings. The minimum Gasteiger partial charge on any atom is -0.300 e. The summed E-state index contributed by atoms with van der Waals surface area (Å²) in [6.07, 6.45) is 3.49. The summed E-state index contributed by atoms with van der Waals surface area (Å²) in [5, 5.41) is 4.15. The lowest BCUT2D eigenvalue weighted by molar-refractivity contribution is -0.114. The van der Waals surface area contributed by atoms with Crippen LogP contribution in [-0.4, -0.2) is 21.5 Å². The van der Waals surface area contributed by atoms with Crippen molar-refractivity contribution in [2.45, 2.75) is 26.9 Å². The molecule has 0 saturated heterocycles. The molecule has 0 fully saturated rings. The second-order valence-electron chi connectivity index (χ2n) is 5.04. The highest BCUT2D eigenvalue weighted by molar-refractivity contribution is 6.52. The van der Waals surface area contributed by atoms with Crippen LogP contribution < -0.4 is 4.90 Å². The van der Waals surface area contributed by atoms with Gasteiger partial charge < -0.3 is 0 Å². The summed E-state index contributed by atoms with van der Waals surface area (Å²) < 4.78 is 15.2. The molecule has 0 N–H and O–H groups in total. The lowest BCUT2D eigenvalue weighted by atomic mass is 10.1. The number of nitrogens with zero attached hydrogens (tertiary/aromatic N) is 3. The predicted molar refractivity (Wildman–Crippen MR) is 74.6 cm³/mol. The highest BCUT2D eigenvalue weighted by Crippen LogP contribution is 2.34. The highest BCUT2D eigenvalue weighted by atomic mass is 19.1. The number of ketones is 1. The molecule has 2 aromatic rings. The van der Waals surface area contributed by atoms with Gasteiger partial charge in [0.1, 0.15) is 5.82 Å². The van der Waals surface area contributed by atoms with Crippen LogP contribution >= 0.6 is 0 Å². The van der Waals surface area contributed by atoms with E-state index in [1.165, 1.54) is 11.0 Å². The fourth-order valence-corrected chi connectivity index (χ4v) is 2.60. The molecule has 0 saturated carbocycles. The zero-order valence-electron chi connectivity index (χ0n) is 11.8. The summed E-state index contributed by atoms with van der Waals surface area (Å²) in [5.74, 6) is -1.79. The second kappa shape index (κ2) is 4.80. The molecule has 6 heteroatoms. The van der Waals surface area contributed by atoms with Crippen LogP contribution in [-0.2, 0) is 17.9 Å². The first-order valence-corrected chi connectivity index (χ1v) is 6.69. The molecular weight excluding hydrogens is 273 g/mol. The van der Waals surface area contributed by atoms with Crippen molar-refractivity contribution >= 4 is 17.4 Å². The van der Waals surface area contributed by atoms with Crippen molar-refractivity contribution in [1.29, 1.82) is 0 Å². The maximum absolute atomic E-state index is 13.4. The normalized spacial score (nSPS) is 14.0. The fraction of sp³-hybridized carbons (Fsp3) is 0.267. The van der Waals surface area contributed by atoms with E-state index in [-0.39, 0.29) is 12.1 Å². The summed E-state index contributed by atoms with van der Waals surface area (Å²) in [6, 6.07) is 2.45. The van der Waals surface area contributed by atoms with Gasteiger partial charge in [0.25, 0.3) is 11.7 Å². The van der Waals surface area contributed by atoms with Gasteiger partial charge in [0.05, 0.1) is 24.0 Å². The predicted octanol–water partition coefficient (Wildman–Crippen LogP) is 2.08. The third-order valence-corrected chi connectivity index (χ3v) is 3.57. The number of amides is 1. The summed E-state index contributed by atoms with van der Waals surface area (Å²) in [6.45, 7) is 4.64. The van der Waals surface area contributed by atoms with Gasteiger partial charge >= 0.3 is 0 Å². The number of aromatic nitrogens is 2. The first kappa shape index (κ1) is 13.5. The second-order valence-corrected chi connectivity index (χ2v) is 5.04. The first-order valence-electron chi connectivity index (χ1n) is 6.69. The van der Waals surface area contributed by atoms with Gasteiger partial charge in [-0.15, -0.1) is 0 Å². The number of hydrogen-bond acceptors (Lipinski definition) is 3. The third-order valence-electron chi connectivity index (χ3n) is 3.57. The van der Waals surface area contributed by atoms with Crippen molar-refractivity contribution in [2.75, 3.05) is 4.90 Å². The number of carbonyl (C=O) groups excluding carboxylic acids is 2. The molecule has 108 valence electrons. The molecule has 1 aromatic heterocycles. The lowest BCUT2D eigenvalue weighted by Gasteiger charge is -2.17. The van der Waals surface area contributed by atoms with E-state index in [0.29, 0.717) is 11.3 Å². The molecule has 1 aliphatic heterocycles. The van der Waals surface area contributed by atoms with Gasteiger partial charge in [0, 0.05) is 18.3 Å². The Hall–Kier alpha value is -2.50. The van der Waals surface area contributed by atoms with Crippen molar-refractivity contribution < 1.29 is 14.0 Å². The summed E-state index contributed by atoms with van der Waals surface area (Å²) in [5.41, 5.74) is 2.04. The largest absolute Gasteiger partial charge is 0.300 e. The number of benzene rings is 1. The van der Waals surface area contributed by atoms with E-state index in [9.17, 15) is 14.0 Å². The summed E-state index contributed by atoms with van der Waals surface area (Å²) >= 11 is 0. The number of aryl methyl sites for hydroxylation is 2. The molecular formula is C15H14FN3O2. The Morgan fingerprint density at radius 3 is 2.71 bits per heavy atom. The number of rotatable bonds is 3. The van der Waals surface area contributed by atoms with Crippen LogP contribution in [0.2, 0.25) is 0 Å². The first-order chi connectivity index (χ1) is 10.0. The van der Waals surface area contributed by atoms with Crippen LogP contribution in [0.3, 0.4) is 0 Å². The Kier molecular flexibility index (Phi) is 3.08. The smallest absolute Gasteiger partial charge is 0.299 e. The van der Waals surface area contributed by atoms with Crippen LogP contribution in [0.25, 0.3) is 0 Å². The number of halogens is 1. The molecule has 0 bridgehead atoms. The van der Waals surface area contributed by atoms with E-state index >= 15 is 0 Å². The van der Waals surface area contributed by atoms with Crippen LogP contribution in [0.4, 0.5) is 10.1 Å². The van der Waals surface area contributed by atoms with Crippen molar-refractivity contribution in [1.82, 2.24) is 9.78 Å². The summed E-state index contributed by atoms with van der Waals surface area (Å²) in [4.78, 5) is 25.5. The Labute approximate surface area is 121 Å². The van der Waals surface area contributed by atoms with Crippen LogP contribution in [0, 0.1) is 12.7 Å².